The summed E-state index contributed by atoms with van der Waals surface area (Å²) in [7, 11) is 2.15. The molecule has 0 saturated heterocycles. The first-order chi connectivity index (χ1) is 13.0. The van der Waals surface area contributed by atoms with Gasteiger partial charge in [0.25, 0.3) is 5.19 Å². The minimum absolute atomic E-state index is 0. The highest BCUT2D eigenvalue weighted by molar-refractivity contribution is 7.07. The summed E-state index contributed by atoms with van der Waals surface area (Å²) in [6, 6.07) is 6.35. The van der Waals surface area contributed by atoms with E-state index in [4.69, 9.17) is 4.74 Å². The lowest BCUT2D eigenvalue weighted by Gasteiger charge is -2.16. The van der Waals surface area contributed by atoms with Crippen molar-refractivity contribution in [3.63, 3.8) is 0 Å². The van der Waals surface area contributed by atoms with Crippen LogP contribution < -0.4 is 4.74 Å². The van der Waals surface area contributed by atoms with Crippen molar-refractivity contribution in [3.05, 3.63) is 52.8 Å². The lowest BCUT2D eigenvalue weighted by Crippen LogP contribution is -2.20. The molecule has 0 saturated carbocycles. The highest BCUT2D eigenvalue weighted by Crippen LogP contribution is 2.31. The van der Waals surface area contributed by atoms with E-state index >= 15 is 0 Å². The van der Waals surface area contributed by atoms with E-state index in [9.17, 15) is 0 Å². The van der Waals surface area contributed by atoms with Gasteiger partial charge >= 0.3 is 0 Å². The third-order valence-electron chi connectivity index (χ3n) is 4.67. The van der Waals surface area contributed by atoms with E-state index in [1.54, 1.807) is 6.20 Å². The molecule has 0 unspecified atom stereocenters. The zero-order valence-electron chi connectivity index (χ0n) is 17.0. The Labute approximate surface area is 177 Å². The Hall–Kier alpha value is -2.02. The first-order valence-electron chi connectivity index (χ1n) is 9.18. The number of likely N-dealkylation sites (N-methyl/N-ethyl adjacent to an activating group) is 1. The smallest absolute Gasteiger partial charge is 0.299 e. The number of rotatable bonds is 7. The Morgan fingerprint density at radius 2 is 1.86 bits per heavy atom. The van der Waals surface area contributed by atoms with Gasteiger partial charge in [0.05, 0.1) is 0 Å². The molecule has 1 aromatic carbocycles. The minimum atomic E-state index is 0. The van der Waals surface area contributed by atoms with E-state index in [2.05, 4.69) is 59.2 Å². The van der Waals surface area contributed by atoms with Crippen LogP contribution in [-0.4, -0.2) is 39.4 Å². The number of hydrogen-bond acceptors (Lipinski definition) is 6. The molecule has 0 aliphatic carbocycles. The maximum atomic E-state index is 6.04. The number of pyridine rings is 1. The zero-order valence-corrected chi connectivity index (χ0v) is 18.7. The summed E-state index contributed by atoms with van der Waals surface area (Å²) in [5.41, 5.74) is 5.71. The van der Waals surface area contributed by atoms with E-state index in [0.29, 0.717) is 11.0 Å². The minimum Gasteiger partial charge on any atom is -0.430 e. The maximum absolute atomic E-state index is 6.04. The highest BCUT2D eigenvalue weighted by atomic mass is 35.5. The Balaban J connectivity index is 0.00000280. The number of ether oxygens (including phenoxy) is 1. The van der Waals surface area contributed by atoms with Crippen molar-refractivity contribution in [1.29, 1.82) is 0 Å². The van der Waals surface area contributed by atoms with Crippen molar-refractivity contribution in [1.82, 2.24) is 19.2 Å². The molecule has 2 heterocycles. The molecule has 0 N–H and O–H groups in total. The van der Waals surface area contributed by atoms with Gasteiger partial charge in [0.1, 0.15) is 5.75 Å². The van der Waals surface area contributed by atoms with Crippen molar-refractivity contribution >= 4 is 23.9 Å². The molecule has 0 amide bonds. The summed E-state index contributed by atoms with van der Waals surface area (Å²) in [6.45, 7) is 10.5. The number of halogens is 1. The van der Waals surface area contributed by atoms with Crippen molar-refractivity contribution in [2.45, 2.75) is 34.1 Å². The van der Waals surface area contributed by atoms with E-state index < -0.39 is 0 Å². The lowest BCUT2D eigenvalue weighted by atomic mass is 10.0. The average molecular weight is 419 g/mol. The van der Waals surface area contributed by atoms with Crippen LogP contribution in [0.2, 0.25) is 0 Å². The summed E-state index contributed by atoms with van der Waals surface area (Å²) >= 11 is 1.26. The van der Waals surface area contributed by atoms with Crippen LogP contribution in [0.25, 0.3) is 11.4 Å². The maximum Gasteiger partial charge on any atom is 0.299 e. The van der Waals surface area contributed by atoms with Gasteiger partial charge in [-0.1, -0.05) is 13.0 Å². The number of hydrogen-bond donors (Lipinski definition) is 0. The molecule has 7 heteroatoms. The molecule has 0 atom stereocenters. The number of nitrogens with zero attached hydrogens (tertiary/aromatic N) is 4. The third kappa shape index (κ3) is 5.50. The Morgan fingerprint density at radius 3 is 2.57 bits per heavy atom. The second-order valence-electron chi connectivity index (χ2n) is 6.93. The number of aryl methyl sites for hydroxylation is 3. The monoisotopic (exact) mass is 418 g/mol. The standard InChI is InChI=1S/C21H26N4OS.ClH/c1-6-25(5)8-7-17-10-16(4)19(11-15(17)3)26-21-23-20(24-27-21)18-9-14(2)12-22-13-18;/h9-13H,6-8H2,1-5H3;1H. The van der Waals surface area contributed by atoms with Gasteiger partial charge in [0.2, 0.25) is 0 Å². The van der Waals surface area contributed by atoms with Gasteiger partial charge < -0.3 is 9.64 Å². The fourth-order valence-corrected chi connectivity index (χ4v) is 3.40. The SMILES string of the molecule is CCN(C)CCc1cc(C)c(Oc2nc(-c3cncc(C)c3)ns2)cc1C.Cl. The zero-order chi connectivity index (χ0) is 19.4. The Kier molecular flexibility index (Phi) is 7.92. The van der Waals surface area contributed by atoms with Crippen LogP contribution in [0.4, 0.5) is 0 Å². The van der Waals surface area contributed by atoms with Gasteiger partial charge in [-0.3, -0.25) is 4.98 Å². The predicted molar refractivity (Wildman–Crippen MR) is 118 cm³/mol. The molecule has 5 nitrogen and oxygen atoms in total. The van der Waals surface area contributed by atoms with Crippen LogP contribution in [0, 0.1) is 20.8 Å². The topological polar surface area (TPSA) is 51.1 Å². The van der Waals surface area contributed by atoms with Gasteiger partial charge in [-0.2, -0.15) is 9.36 Å². The van der Waals surface area contributed by atoms with Gasteiger partial charge in [-0.25, -0.2) is 0 Å². The van der Waals surface area contributed by atoms with Crippen molar-refractivity contribution in [3.8, 4) is 22.3 Å². The quantitative estimate of drug-likeness (QED) is 0.525. The van der Waals surface area contributed by atoms with Crippen LogP contribution in [0.15, 0.2) is 30.6 Å². The summed E-state index contributed by atoms with van der Waals surface area (Å²) in [5.74, 6) is 1.49. The van der Waals surface area contributed by atoms with Crippen LogP contribution in [0.1, 0.15) is 29.2 Å². The van der Waals surface area contributed by atoms with E-state index in [0.717, 1.165) is 42.0 Å². The Bertz CT molecular complexity index is 929. The number of aromatic nitrogens is 3. The molecule has 3 aromatic rings. The molecule has 0 radical (unpaired) electrons. The molecule has 3 rings (SSSR count). The summed E-state index contributed by atoms with van der Waals surface area (Å²) in [5, 5.41) is 0.549. The fraction of sp³-hybridized carbons (Fsp3) is 0.381. The van der Waals surface area contributed by atoms with E-state index in [-0.39, 0.29) is 12.4 Å². The number of benzene rings is 1. The average Bonchev–Trinajstić information content (AvgIpc) is 3.11. The molecular formula is C21H27ClN4OS. The van der Waals surface area contributed by atoms with Crippen LogP contribution >= 0.6 is 23.9 Å². The fourth-order valence-electron chi connectivity index (χ4n) is 2.84. The third-order valence-corrected chi connectivity index (χ3v) is 5.27. The normalized spacial score (nSPS) is 10.8. The van der Waals surface area contributed by atoms with Crippen LogP contribution in [0.5, 0.6) is 10.9 Å². The van der Waals surface area contributed by atoms with Crippen LogP contribution in [-0.2, 0) is 6.42 Å². The van der Waals surface area contributed by atoms with E-state index in [1.807, 2.05) is 19.2 Å². The highest BCUT2D eigenvalue weighted by Gasteiger charge is 2.12. The molecule has 0 aliphatic heterocycles. The molecule has 2 aromatic heterocycles. The predicted octanol–water partition coefficient (Wildman–Crippen LogP) is 5.23. The first kappa shape index (κ1) is 22.3. The summed E-state index contributed by atoms with van der Waals surface area (Å²) in [6.07, 6.45) is 4.64. The Morgan fingerprint density at radius 1 is 1.07 bits per heavy atom. The molecule has 28 heavy (non-hydrogen) atoms. The molecule has 0 fully saturated rings. The molecule has 0 aliphatic rings. The van der Waals surface area contributed by atoms with Gasteiger partial charge in [-0.15, -0.1) is 12.4 Å². The summed E-state index contributed by atoms with van der Waals surface area (Å²) < 4.78 is 10.4. The molecule has 150 valence electrons. The molecule has 0 spiro atoms. The van der Waals surface area contributed by atoms with Crippen molar-refractivity contribution in [2.24, 2.45) is 0 Å². The second kappa shape index (κ2) is 9.96. The van der Waals surface area contributed by atoms with E-state index in [1.165, 1.54) is 22.7 Å². The first-order valence-corrected chi connectivity index (χ1v) is 9.96. The van der Waals surface area contributed by atoms with Crippen molar-refractivity contribution < 1.29 is 4.74 Å². The van der Waals surface area contributed by atoms with Gasteiger partial charge in [0, 0.05) is 36.0 Å². The molecule has 0 bridgehead atoms. The largest absolute Gasteiger partial charge is 0.430 e. The summed E-state index contributed by atoms with van der Waals surface area (Å²) in [4.78, 5) is 11.0. The molecular weight excluding hydrogens is 392 g/mol. The van der Waals surface area contributed by atoms with Crippen molar-refractivity contribution in [2.75, 3.05) is 20.1 Å². The van der Waals surface area contributed by atoms with Crippen LogP contribution in [0.3, 0.4) is 0 Å². The second-order valence-corrected chi connectivity index (χ2v) is 7.64. The lowest BCUT2D eigenvalue weighted by molar-refractivity contribution is 0.357. The van der Waals surface area contributed by atoms with Gasteiger partial charge in [0.15, 0.2) is 5.82 Å². The van der Waals surface area contributed by atoms with Gasteiger partial charge in [-0.05, 0) is 75.2 Å².